The molecule has 1 fully saturated rings. The van der Waals surface area contributed by atoms with Crippen LogP contribution in [0.4, 0.5) is 5.69 Å². The van der Waals surface area contributed by atoms with Gasteiger partial charge < -0.3 is 16.0 Å². The monoisotopic (exact) mass is 331 g/mol. The van der Waals surface area contributed by atoms with Crippen molar-refractivity contribution in [3.8, 4) is 0 Å². The summed E-state index contributed by atoms with van der Waals surface area (Å²) in [5, 5.41) is 9.26. The lowest BCUT2D eigenvalue weighted by Gasteiger charge is -2.28. The minimum Gasteiger partial charge on any atom is -0.350 e. The first-order chi connectivity index (χ1) is 11.5. The summed E-state index contributed by atoms with van der Waals surface area (Å²) in [4.78, 5) is 23.5. The van der Waals surface area contributed by atoms with Crippen molar-refractivity contribution >= 4 is 17.5 Å². The topological polar surface area (TPSA) is 70.2 Å². The van der Waals surface area contributed by atoms with Crippen LogP contribution in [-0.2, 0) is 9.59 Å². The lowest BCUT2D eigenvalue weighted by Crippen LogP contribution is -2.36. The van der Waals surface area contributed by atoms with Crippen LogP contribution >= 0.6 is 0 Å². The lowest BCUT2D eigenvalue weighted by molar-refractivity contribution is -0.123. The largest absolute Gasteiger partial charge is 0.350 e. The quantitative estimate of drug-likeness (QED) is 0.751. The van der Waals surface area contributed by atoms with Gasteiger partial charge in [-0.15, -0.1) is 0 Å². The molecule has 0 saturated carbocycles. The average molecular weight is 331 g/mol. The molecule has 1 aromatic carbocycles. The summed E-state index contributed by atoms with van der Waals surface area (Å²) in [5.74, 6) is 0.961. The van der Waals surface area contributed by atoms with Crippen molar-refractivity contribution in [2.75, 3.05) is 18.4 Å². The van der Waals surface area contributed by atoms with Crippen molar-refractivity contribution in [2.24, 2.45) is 11.8 Å². The van der Waals surface area contributed by atoms with Gasteiger partial charge in [-0.25, -0.2) is 0 Å². The highest BCUT2D eigenvalue weighted by molar-refractivity contribution is 5.88. The van der Waals surface area contributed by atoms with E-state index in [4.69, 9.17) is 0 Å². The minimum atomic E-state index is -0.0984. The fraction of sp³-hybridized carbons (Fsp3) is 0.579. The van der Waals surface area contributed by atoms with Crippen LogP contribution in [0.15, 0.2) is 24.3 Å². The second-order valence-corrected chi connectivity index (χ2v) is 6.88. The molecule has 1 aliphatic rings. The number of anilines is 1. The number of carbonyl (C=O) groups excluding carboxylic acids is 2. The van der Waals surface area contributed by atoms with E-state index in [1.54, 1.807) is 0 Å². The number of nitrogens with one attached hydrogen (secondary N) is 3. The maximum atomic E-state index is 12.3. The van der Waals surface area contributed by atoms with Gasteiger partial charge in [-0.05, 0) is 62.4 Å². The maximum absolute atomic E-state index is 12.3. The first kappa shape index (κ1) is 18.5. The van der Waals surface area contributed by atoms with E-state index < -0.39 is 0 Å². The van der Waals surface area contributed by atoms with Gasteiger partial charge in [0.05, 0.1) is 6.04 Å². The smallest absolute Gasteiger partial charge is 0.221 e. The molecule has 3 N–H and O–H groups in total. The molecule has 1 aromatic rings. The first-order valence-electron chi connectivity index (χ1n) is 8.83. The highest BCUT2D eigenvalue weighted by Gasteiger charge is 2.22. The third-order valence-corrected chi connectivity index (χ3v) is 4.73. The molecule has 1 aliphatic heterocycles. The molecule has 132 valence electrons. The van der Waals surface area contributed by atoms with Crippen LogP contribution in [0.25, 0.3) is 0 Å². The Labute approximate surface area is 144 Å². The molecule has 0 aliphatic carbocycles. The predicted molar refractivity (Wildman–Crippen MR) is 96.7 cm³/mol. The Kier molecular flexibility index (Phi) is 6.79. The highest BCUT2D eigenvalue weighted by atomic mass is 16.2. The van der Waals surface area contributed by atoms with Crippen molar-refractivity contribution in [3.63, 3.8) is 0 Å². The summed E-state index contributed by atoms with van der Waals surface area (Å²) >= 11 is 0. The number of amides is 2. The van der Waals surface area contributed by atoms with Gasteiger partial charge in [0.15, 0.2) is 0 Å². The van der Waals surface area contributed by atoms with Crippen molar-refractivity contribution in [3.05, 3.63) is 29.8 Å². The number of carbonyl (C=O) groups is 2. The third kappa shape index (κ3) is 5.64. The van der Waals surface area contributed by atoms with Crippen LogP contribution in [0.1, 0.15) is 51.6 Å². The summed E-state index contributed by atoms with van der Waals surface area (Å²) in [6, 6.07) is 7.52. The molecule has 2 rings (SSSR count). The van der Waals surface area contributed by atoms with Gasteiger partial charge in [0, 0.05) is 19.0 Å². The molecule has 5 heteroatoms. The molecule has 0 spiro atoms. The predicted octanol–water partition coefficient (Wildman–Crippen LogP) is 2.85. The second-order valence-electron chi connectivity index (χ2n) is 6.88. The Hall–Kier alpha value is -1.88. The Morgan fingerprint density at radius 3 is 2.79 bits per heavy atom. The zero-order chi connectivity index (χ0) is 17.5. The van der Waals surface area contributed by atoms with E-state index in [-0.39, 0.29) is 17.9 Å². The van der Waals surface area contributed by atoms with Gasteiger partial charge in [-0.2, -0.15) is 0 Å². The fourth-order valence-corrected chi connectivity index (χ4v) is 3.30. The van der Waals surface area contributed by atoms with E-state index in [1.165, 1.54) is 19.8 Å². The second kappa shape index (κ2) is 8.83. The number of benzene rings is 1. The van der Waals surface area contributed by atoms with Crippen LogP contribution in [0.3, 0.4) is 0 Å². The van der Waals surface area contributed by atoms with Crippen LogP contribution in [0.2, 0.25) is 0 Å². The van der Waals surface area contributed by atoms with Crippen molar-refractivity contribution in [1.29, 1.82) is 0 Å². The summed E-state index contributed by atoms with van der Waals surface area (Å²) in [7, 11) is 0. The van der Waals surface area contributed by atoms with Crippen LogP contribution < -0.4 is 16.0 Å². The van der Waals surface area contributed by atoms with Crippen LogP contribution in [0.5, 0.6) is 0 Å². The Morgan fingerprint density at radius 2 is 2.12 bits per heavy atom. The van der Waals surface area contributed by atoms with Crippen molar-refractivity contribution < 1.29 is 9.59 Å². The standard InChI is InChI=1S/C19H29N3O2/c1-13(17-7-5-9-20-12-17)10-19(24)21-14(2)16-6-4-8-18(11-16)22-15(3)23/h4,6,8,11,13-14,17,20H,5,7,9-10,12H2,1-3H3,(H,21,24)(H,22,23). The van der Waals surface area contributed by atoms with Crippen LogP contribution in [-0.4, -0.2) is 24.9 Å². The molecule has 5 nitrogen and oxygen atoms in total. The van der Waals surface area contributed by atoms with Crippen LogP contribution in [0, 0.1) is 11.8 Å². The summed E-state index contributed by atoms with van der Waals surface area (Å²) in [5.41, 5.74) is 1.74. The molecule has 3 atom stereocenters. The van der Waals surface area contributed by atoms with Gasteiger partial charge in [0.2, 0.25) is 11.8 Å². The molecule has 0 aromatic heterocycles. The van der Waals surface area contributed by atoms with Crippen molar-refractivity contribution in [1.82, 2.24) is 10.6 Å². The van der Waals surface area contributed by atoms with Gasteiger partial charge in [-0.3, -0.25) is 9.59 Å². The average Bonchev–Trinajstić information content (AvgIpc) is 2.55. The van der Waals surface area contributed by atoms with Gasteiger partial charge in [0.1, 0.15) is 0 Å². The SMILES string of the molecule is CC(=O)Nc1cccc(C(C)NC(=O)CC(C)C2CCCNC2)c1. The minimum absolute atomic E-state index is 0.0807. The Morgan fingerprint density at radius 1 is 1.33 bits per heavy atom. The molecule has 1 saturated heterocycles. The normalized spacial score (nSPS) is 20.0. The highest BCUT2D eigenvalue weighted by Crippen LogP contribution is 2.23. The maximum Gasteiger partial charge on any atom is 0.221 e. The lowest BCUT2D eigenvalue weighted by atomic mass is 9.85. The molecule has 0 bridgehead atoms. The van der Waals surface area contributed by atoms with Gasteiger partial charge in [0.25, 0.3) is 0 Å². The Balaban J connectivity index is 1.87. The van der Waals surface area contributed by atoms with Gasteiger partial charge in [-0.1, -0.05) is 19.1 Å². The van der Waals surface area contributed by atoms with E-state index in [9.17, 15) is 9.59 Å². The summed E-state index contributed by atoms with van der Waals surface area (Å²) in [6.07, 6.45) is 2.96. The summed E-state index contributed by atoms with van der Waals surface area (Å²) < 4.78 is 0. The molecule has 1 heterocycles. The molecular weight excluding hydrogens is 302 g/mol. The first-order valence-corrected chi connectivity index (χ1v) is 8.83. The molecule has 3 unspecified atom stereocenters. The van der Waals surface area contributed by atoms with E-state index >= 15 is 0 Å². The number of rotatable bonds is 6. The van der Waals surface area contributed by atoms with E-state index in [0.29, 0.717) is 18.3 Å². The summed E-state index contributed by atoms with van der Waals surface area (Å²) in [6.45, 7) is 7.73. The molecule has 2 amide bonds. The number of piperidine rings is 1. The fourth-order valence-electron chi connectivity index (χ4n) is 3.30. The van der Waals surface area contributed by atoms with E-state index in [0.717, 1.165) is 24.3 Å². The number of hydrogen-bond acceptors (Lipinski definition) is 3. The molecule has 0 radical (unpaired) electrons. The molecule has 24 heavy (non-hydrogen) atoms. The molecular formula is C19H29N3O2. The third-order valence-electron chi connectivity index (χ3n) is 4.73. The number of hydrogen-bond donors (Lipinski definition) is 3. The Bertz CT molecular complexity index is 567. The zero-order valence-corrected chi connectivity index (χ0v) is 14.9. The van der Waals surface area contributed by atoms with Gasteiger partial charge >= 0.3 is 0 Å². The van der Waals surface area contributed by atoms with E-state index in [2.05, 4.69) is 22.9 Å². The zero-order valence-electron chi connectivity index (χ0n) is 14.9. The van der Waals surface area contributed by atoms with E-state index in [1.807, 2.05) is 31.2 Å². The van der Waals surface area contributed by atoms with Crippen molar-refractivity contribution in [2.45, 2.75) is 46.1 Å².